The highest BCUT2D eigenvalue weighted by atomic mass is 79.9. The van der Waals surface area contributed by atoms with Crippen molar-refractivity contribution in [1.29, 1.82) is 0 Å². The summed E-state index contributed by atoms with van der Waals surface area (Å²) in [6.07, 6.45) is 1.74. The molecule has 2 aromatic rings. The maximum atomic E-state index is 12.1. The zero-order chi connectivity index (χ0) is 12.5. The Morgan fingerprint density at radius 3 is 2.94 bits per heavy atom. The fraction of sp³-hybridized carbons (Fsp3) is 0.143. The number of ketones is 1. The normalized spacial score (nSPS) is 18.1. The van der Waals surface area contributed by atoms with Crippen LogP contribution in [-0.4, -0.2) is 22.2 Å². The Labute approximate surface area is 113 Å². The number of pyridine rings is 1. The molecule has 1 aromatic heterocycles. The van der Waals surface area contributed by atoms with Crippen molar-refractivity contribution in [2.45, 2.75) is 4.83 Å². The smallest absolute Gasteiger partial charge is 0.183 e. The SMILES string of the molecule is O=C1c2cc(-c3ccccn3)ccc2OCC1Br. The quantitative estimate of drug-likeness (QED) is 0.760. The molecule has 0 aliphatic carbocycles. The van der Waals surface area contributed by atoms with Crippen molar-refractivity contribution in [2.75, 3.05) is 6.61 Å². The van der Waals surface area contributed by atoms with Gasteiger partial charge in [0.2, 0.25) is 0 Å². The summed E-state index contributed by atoms with van der Waals surface area (Å²) < 4.78 is 5.51. The number of alkyl halides is 1. The minimum absolute atomic E-state index is 0.0639. The Balaban J connectivity index is 2.08. The van der Waals surface area contributed by atoms with Gasteiger partial charge in [-0.15, -0.1) is 0 Å². The molecule has 1 aliphatic rings. The van der Waals surface area contributed by atoms with Crippen molar-refractivity contribution in [3.8, 4) is 17.0 Å². The average molecular weight is 304 g/mol. The van der Waals surface area contributed by atoms with Gasteiger partial charge in [-0.1, -0.05) is 22.0 Å². The largest absolute Gasteiger partial charge is 0.491 e. The molecule has 1 atom stereocenters. The summed E-state index contributed by atoms with van der Waals surface area (Å²) in [6.45, 7) is 0.384. The van der Waals surface area contributed by atoms with E-state index in [1.807, 2.05) is 36.4 Å². The first-order chi connectivity index (χ1) is 8.75. The van der Waals surface area contributed by atoms with Gasteiger partial charge in [0.1, 0.15) is 17.2 Å². The minimum Gasteiger partial charge on any atom is -0.491 e. The molecule has 4 heteroatoms. The average Bonchev–Trinajstić information content (AvgIpc) is 2.44. The number of ether oxygens (including phenoxy) is 1. The second-order valence-corrected chi connectivity index (χ2v) is 5.17. The first-order valence-electron chi connectivity index (χ1n) is 5.62. The van der Waals surface area contributed by atoms with E-state index in [0.29, 0.717) is 17.9 Å². The number of carbonyl (C=O) groups is 1. The van der Waals surface area contributed by atoms with Gasteiger partial charge < -0.3 is 4.74 Å². The molecule has 0 N–H and O–H groups in total. The maximum absolute atomic E-state index is 12.1. The summed E-state index contributed by atoms with van der Waals surface area (Å²) in [5, 5.41) is 0. The van der Waals surface area contributed by atoms with Crippen LogP contribution in [0.1, 0.15) is 10.4 Å². The highest BCUT2D eigenvalue weighted by Crippen LogP contribution is 2.31. The number of Topliss-reactive ketones (excluding diaryl/α,β-unsaturated/α-hetero) is 1. The molecule has 18 heavy (non-hydrogen) atoms. The molecule has 0 bridgehead atoms. The maximum Gasteiger partial charge on any atom is 0.183 e. The number of carbonyl (C=O) groups excluding carboxylic acids is 1. The van der Waals surface area contributed by atoms with E-state index >= 15 is 0 Å². The van der Waals surface area contributed by atoms with Crippen LogP contribution >= 0.6 is 15.9 Å². The monoisotopic (exact) mass is 303 g/mol. The van der Waals surface area contributed by atoms with E-state index in [2.05, 4.69) is 20.9 Å². The fourth-order valence-corrected chi connectivity index (χ4v) is 2.33. The first kappa shape index (κ1) is 11.4. The highest BCUT2D eigenvalue weighted by Gasteiger charge is 2.26. The molecule has 90 valence electrons. The molecule has 0 spiro atoms. The van der Waals surface area contributed by atoms with Crippen LogP contribution in [-0.2, 0) is 0 Å². The van der Waals surface area contributed by atoms with Crippen LogP contribution in [0.3, 0.4) is 0 Å². The van der Waals surface area contributed by atoms with Gasteiger partial charge in [-0.25, -0.2) is 0 Å². The third kappa shape index (κ3) is 1.93. The van der Waals surface area contributed by atoms with Gasteiger partial charge in [0.25, 0.3) is 0 Å². The molecule has 3 nitrogen and oxygen atoms in total. The summed E-state index contributed by atoms with van der Waals surface area (Å²) in [4.78, 5) is 16.1. The van der Waals surface area contributed by atoms with Crippen molar-refractivity contribution in [3.63, 3.8) is 0 Å². The second-order valence-electron chi connectivity index (χ2n) is 4.07. The van der Waals surface area contributed by atoms with Gasteiger partial charge in [0.15, 0.2) is 5.78 Å². The molecule has 1 aromatic carbocycles. The van der Waals surface area contributed by atoms with Crippen LogP contribution in [0.2, 0.25) is 0 Å². The lowest BCUT2D eigenvalue weighted by atomic mass is 10.0. The van der Waals surface area contributed by atoms with E-state index in [9.17, 15) is 4.79 Å². The first-order valence-corrected chi connectivity index (χ1v) is 6.54. The predicted octanol–water partition coefficient (Wildman–Crippen LogP) is 3.09. The van der Waals surface area contributed by atoms with Crippen molar-refractivity contribution < 1.29 is 9.53 Å². The minimum atomic E-state index is -0.260. The second kappa shape index (κ2) is 4.53. The summed E-state index contributed by atoms with van der Waals surface area (Å²) in [7, 11) is 0. The van der Waals surface area contributed by atoms with E-state index in [4.69, 9.17) is 4.74 Å². The molecule has 0 saturated heterocycles. The molecular weight excluding hydrogens is 294 g/mol. The molecule has 1 aliphatic heterocycles. The Bertz CT molecular complexity index is 598. The van der Waals surface area contributed by atoms with E-state index in [-0.39, 0.29) is 10.6 Å². The lowest BCUT2D eigenvalue weighted by molar-refractivity contribution is 0.0946. The lowest BCUT2D eigenvalue weighted by Crippen LogP contribution is -2.27. The Kier molecular flexibility index (Phi) is 2.88. The van der Waals surface area contributed by atoms with E-state index in [1.165, 1.54) is 0 Å². The van der Waals surface area contributed by atoms with Crippen molar-refractivity contribution >= 4 is 21.7 Å². The number of nitrogens with zero attached hydrogens (tertiary/aromatic N) is 1. The van der Waals surface area contributed by atoms with E-state index < -0.39 is 0 Å². The highest BCUT2D eigenvalue weighted by molar-refractivity contribution is 9.10. The van der Waals surface area contributed by atoms with Crippen LogP contribution in [0.5, 0.6) is 5.75 Å². The number of hydrogen-bond acceptors (Lipinski definition) is 3. The van der Waals surface area contributed by atoms with E-state index in [1.54, 1.807) is 6.20 Å². The molecule has 3 rings (SSSR count). The Morgan fingerprint density at radius 2 is 2.17 bits per heavy atom. The molecule has 0 radical (unpaired) electrons. The van der Waals surface area contributed by atoms with Gasteiger partial charge in [-0.3, -0.25) is 9.78 Å². The number of halogens is 1. The zero-order valence-corrected chi connectivity index (χ0v) is 11.1. The van der Waals surface area contributed by atoms with Crippen LogP contribution < -0.4 is 4.74 Å². The summed E-state index contributed by atoms with van der Waals surface area (Å²) in [5.74, 6) is 0.712. The number of benzene rings is 1. The number of aromatic nitrogens is 1. The number of fused-ring (bicyclic) bond motifs is 1. The topological polar surface area (TPSA) is 39.2 Å². The van der Waals surface area contributed by atoms with Gasteiger partial charge in [-0.05, 0) is 30.3 Å². The van der Waals surface area contributed by atoms with Crippen molar-refractivity contribution in [3.05, 3.63) is 48.2 Å². The Hall–Kier alpha value is -1.68. The molecule has 1 unspecified atom stereocenters. The van der Waals surface area contributed by atoms with Crippen LogP contribution in [0, 0.1) is 0 Å². The summed E-state index contributed by atoms with van der Waals surface area (Å²) in [6, 6.07) is 11.3. The van der Waals surface area contributed by atoms with Crippen LogP contribution in [0.25, 0.3) is 11.3 Å². The Morgan fingerprint density at radius 1 is 1.28 bits per heavy atom. The van der Waals surface area contributed by atoms with Gasteiger partial charge in [0, 0.05) is 11.8 Å². The van der Waals surface area contributed by atoms with Crippen molar-refractivity contribution in [2.24, 2.45) is 0 Å². The van der Waals surface area contributed by atoms with Gasteiger partial charge >= 0.3 is 0 Å². The third-order valence-corrected chi connectivity index (χ3v) is 3.56. The molecule has 0 fully saturated rings. The van der Waals surface area contributed by atoms with Crippen molar-refractivity contribution in [1.82, 2.24) is 4.98 Å². The molecule has 0 saturated carbocycles. The number of hydrogen-bond donors (Lipinski definition) is 0. The summed E-state index contributed by atoms with van der Waals surface area (Å²) >= 11 is 3.31. The zero-order valence-electron chi connectivity index (χ0n) is 9.47. The molecular formula is C14H10BrNO2. The van der Waals surface area contributed by atoms with Gasteiger partial charge in [0.05, 0.1) is 11.3 Å². The molecule has 2 heterocycles. The molecule has 0 amide bonds. The lowest BCUT2D eigenvalue weighted by Gasteiger charge is -2.20. The summed E-state index contributed by atoms with van der Waals surface area (Å²) in [5.41, 5.74) is 2.39. The van der Waals surface area contributed by atoms with Gasteiger partial charge in [-0.2, -0.15) is 0 Å². The predicted molar refractivity (Wildman–Crippen MR) is 72.2 cm³/mol. The third-order valence-electron chi connectivity index (χ3n) is 2.88. The fourth-order valence-electron chi connectivity index (χ4n) is 1.95. The van der Waals surface area contributed by atoms with E-state index in [0.717, 1.165) is 11.3 Å². The van der Waals surface area contributed by atoms with Crippen LogP contribution in [0.15, 0.2) is 42.6 Å². The van der Waals surface area contributed by atoms with Crippen LogP contribution in [0.4, 0.5) is 0 Å². The number of rotatable bonds is 1. The standard InChI is InChI=1S/C14H10BrNO2/c15-11-8-18-13-5-4-9(7-10(13)14(11)17)12-3-1-2-6-16-12/h1-7,11H,8H2.